The molecular weight excluding hydrogens is 312 g/mol. The van der Waals surface area contributed by atoms with Gasteiger partial charge in [-0.25, -0.2) is 13.1 Å². The molecule has 0 radical (unpaired) electrons. The highest BCUT2D eigenvalue weighted by Crippen LogP contribution is 2.20. The lowest BCUT2D eigenvalue weighted by atomic mass is 9.97. The number of sulfonamides is 1. The van der Waals surface area contributed by atoms with Crippen LogP contribution in [0.25, 0.3) is 0 Å². The SMILES string of the molecule is CNS(=O)(=O)c1ccc(C)c(C(=O)NCCC2=CCCCC2)c1. The zero-order valence-electron chi connectivity index (χ0n) is 13.7. The van der Waals surface area contributed by atoms with Crippen molar-refractivity contribution in [2.75, 3.05) is 13.6 Å². The van der Waals surface area contributed by atoms with Gasteiger partial charge in [-0.1, -0.05) is 17.7 Å². The van der Waals surface area contributed by atoms with Crippen molar-refractivity contribution in [1.82, 2.24) is 10.0 Å². The molecule has 0 aromatic heterocycles. The zero-order valence-corrected chi connectivity index (χ0v) is 14.5. The first-order chi connectivity index (χ1) is 10.9. The number of nitrogens with one attached hydrogen (secondary N) is 2. The van der Waals surface area contributed by atoms with E-state index in [-0.39, 0.29) is 10.8 Å². The van der Waals surface area contributed by atoms with Gasteiger partial charge in [-0.15, -0.1) is 0 Å². The molecular formula is C17H24N2O3S. The number of carbonyl (C=O) groups excluding carboxylic acids is 1. The van der Waals surface area contributed by atoms with Crippen LogP contribution in [0, 0.1) is 6.92 Å². The van der Waals surface area contributed by atoms with Gasteiger partial charge in [0.1, 0.15) is 0 Å². The fourth-order valence-corrected chi connectivity index (χ4v) is 3.45. The van der Waals surface area contributed by atoms with E-state index in [0.29, 0.717) is 12.1 Å². The summed E-state index contributed by atoms with van der Waals surface area (Å²) >= 11 is 0. The van der Waals surface area contributed by atoms with Gasteiger partial charge in [-0.3, -0.25) is 4.79 Å². The molecule has 0 unspecified atom stereocenters. The van der Waals surface area contributed by atoms with Gasteiger partial charge in [0, 0.05) is 12.1 Å². The smallest absolute Gasteiger partial charge is 0.251 e. The Morgan fingerprint density at radius 1 is 1.26 bits per heavy atom. The van der Waals surface area contributed by atoms with Crippen LogP contribution in [-0.2, 0) is 10.0 Å². The summed E-state index contributed by atoms with van der Waals surface area (Å²) in [5, 5.41) is 2.89. The van der Waals surface area contributed by atoms with Crippen LogP contribution >= 0.6 is 0 Å². The second kappa shape index (κ2) is 7.75. The van der Waals surface area contributed by atoms with E-state index in [4.69, 9.17) is 0 Å². The Bertz CT molecular complexity index is 709. The predicted octanol–water partition coefficient (Wildman–Crippen LogP) is 2.52. The number of allylic oxidation sites excluding steroid dienone is 1. The third-order valence-corrected chi connectivity index (χ3v) is 5.56. The average molecular weight is 336 g/mol. The predicted molar refractivity (Wildman–Crippen MR) is 90.9 cm³/mol. The average Bonchev–Trinajstić information content (AvgIpc) is 2.56. The van der Waals surface area contributed by atoms with Gasteiger partial charge < -0.3 is 5.32 Å². The maximum absolute atomic E-state index is 12.3. The van der Waals surface area contributed by atoms with Gasteiger partial charge in [0.2, 0.25) is 10.0 Å². The molecule has 126 valence electrons. The van der Waals surface area contributed by atoms with Crippen LogP contribution in [0.1, 0.15) is 48.0 Å². The van der Waals surface area contributed by atoms with Crippen LogP contribution in [-0.4, -0.2) is 27.9 Å². The Balaban J connectivity index is 2.04. The molecule has 1 aromatic rings. The lowest BCUT2D eigenvalue weighted by molar-refractivity contribution is 0.0953. The van der Waals surface area contributed by atoms with Crippen molar-refractivity contribution < 1.29 is 13.2 Å². The third-order valence-electron chi connectivity index (χ3n) is 4.15. The first kappa shape index (κ1) is 17.7. The van der Waals surface area contributed by atoms with E-state index in [9.17, 15) is 13.2 Å². The summed E-state index contributed by atoms with van der Waals surface area (Å²) in [4.78, 5) is 12.4. The largest absolute Gasteiger partial charge is 0.352 e. The number of hydrogen-bond acceptors (Lipinski definition) is 3. The Hall–Kier alpha value is -1.66. The Morgan fingerprint density at radius 2 is 2.04 bits per heavy atom. The molecule has 23 heavy (non-hydrogen) atoms. The Labute approximate surface area is 138 Å². The highest BCUT2D eigenvalue weighted by Gasteiger charge is 2.16. The van der Waals surface area contributed by atoms with Crippen LogP contribution in [0.3, 0.4) is 0 Å². The van der Waals surface area contributed by atoms with Crippen LogP contribution in [0.2, 0.25) is 0 Å². The monoisotopic (exact) mass is 336 g/mol. The molecule has 1 aliphatic rings. The molecule has 2 rings (SSSR count). The van der Waals surface area contributed by atoms with E-state index in [2.05, 4.69) is 16.1 Å². The van der Waals surface area contributed by atoms with Crippen molar-refractivity contribution in [3.05, 3.63) is 41.0 Å². The lowest BCUT2D eigenvalue weighted by Gasteiger charge is -2.14. The van der Waals surface area contributed by atoms with Gasteiger partial charge in [0.15, 0.2) is 0 Å². The Kier molecular flexibility index (Phi) is 5.96. The highest BCUT2D eigenvalue weighted by molar-refractivity contribution is 7.89. The molecule has 0 heterocycles. The zero-order chi connectivity index (χ0) is 16.9. The summed E-state index contributed by atoms with van der Waals surface area (Å²) in [5.41, 5.74) is 2.56. The van der Waals surface area contributed by atoms with Crippen molar-refractivity contribution in [3.63, 3.8) is 0 Å². The van der Waals surface area contributed by atoms with Crippen LogP contribution in [0.4, 0.5) is 0 Å². The van der Waals surface area contributed by atoms with E-state index in [1.807, 2.05) is 0 Å². The second-order valence-corrected chi connectivity index (χ2v) is 7.68. The summed E-state index contributed by atoms with van der Waals surface area (Å²) in [6, 6.07) is 4.59. The van der Waals surface area contributed by atoms with Gasteiger partial charge in [0.25, 0.3) is 5.91 Å². The van der Waals surface area contributed by atoms with Crippen molar-refractivity contribution in [3.8, 4) is 0 Å². The van der Waals surface area contributed by atoms with Crippen molar-refractivity contribution in [1.29, 1.82) is 0 Å². The third kappa shape index (κ3) is 4.65. The van der Waals surface area contributed by atoms with E-state index in [0.717, 1.165) is 24.8 Å². The number of carbonyl (C=O) groups is 1. The topological polar surface area (TPSA) is 75.3 Å². The van der Waals surface area contributed by atoms with E-state index in [1.165, 1.54) is 37.6 Å². The van der Waals surface area contributed by atoms with Gasteiger partial charge in [0.05, 0.1) is 4.90 Å². The lowest BCUT2D eigenvalue weighted by Crippen LogP contribution is -2.26. The quantitative estimate of drug-likeness (QED) is 0.784. The minimum Gasteiger partial charge on any atom is -0.352 e. The summed E-state index contributed by atoms with van der Waals surface area (Å²) in [5.74, 6) is -0.230. The molecule has 5 nitrogen and oxygen atoms in total. The first-order valence-electron chi connectivity index (χ1n) is 7.94. The molecule has 1 aliphatic carbocycles. The summed E-state index contributed by atoms with van der Waals surface area (Å²) < 4.78 is 26.0. The number of benzene rings is 1. The molecule has 1 amide bonds. The molecule has 0 saturated carbocycles. The molecule has 0 aliphatic heterocycles. The highest BCUT2D eigenvalue weighted by atomic mass is 32.2. The van der Waals surface area contributed by atoms with Crippen molar-refractivity contribution >= 4 is 15.9 Å². The number of aryl methyl sites for hydroxylation is 1. The molecule has 0 bridgehead atoms. The van der Waals surface area contributed by atoms with E-state index in [1.54, 1.807) is 13.0 Å². The molecule has 6 heteroatoms. The van der Waals surface area contributed by atoms with E-state index >= 15 is 0 Å². The fourth-order valence-electron chi connectivity index (χ4n) is 2.69. The second-order valence-electron chi connectivity index (χ2n) is 5.80. The molecule has 2 N–H and O–H groups in total. The maximum atomic E-state index is 12.3. The van der Waals surface area contributed by atoms with Crippen LogP contribution in [0.15, 0.2) is 34.7 Å². The molecule has 0 spiro atoms. The molecule has 0 fully saturated rings. The van der Waals surface area contributed by atoms with Crippen LogP contribution < -0.4 is 10.0 Å². The standard InChI is InChI=1S/C17H24N2O3S/c1-13-8-9-15(23(21,22)18-2)12-16(13)17(20)19-11-10-14-6-4-3-5-7-14/h6,8-9,12,18H,3-5,7,10-11H2,1-2H3,(H,19,20). The van der Waals surface area contributed by atoms with Gasteiger partial charge in [-0.2, -0.15) is 0 Å². The fraction of sp³-hybridized carbons (Fsp3) is 0.471. The maximum Gasteiger partial charge on any atom is 0.251 e. The first-order valence-corrected chi connectivity index (χ1v) is 9.42. The number of amides is 1. The van der Waals surface area contributed by atoms with Crippen molar-refractivity contribution in [2.45, 2.75) is 43.9 Å². The van der Waals surface area contributed by atoms with Crippen LogP contribution in [0.5, 0.6) is 0 Å². The molecule has 0 saturated heterocycles. The number of rotatable bonds is 6. The normalized spacial score (nSPS) is 15.1. The van der Waals surface area contributed by atoms with Gasteiger partial charge in [-0.05, 0) is 63.8 Å². The van der Waals surface area contributed by atoms with E-state index < -0.39 is 10.0 Å². The summed E-state index contributed by atoms with van der Waals surface area (Å²) in [6.07, 6.45) is 7.85. The van der Waals surface area contributed by atoms with Gasteiger partial charge >= 0.3 is 0 Å². The minimum atomic E-state index is -3.55. The minimum absolute atomic E-state index is 0.103. The van der Waals surface area contributed by atoms with Crippen molar-refractivity contribution in [2.24, 2.45) is 0 Å². The summed E-state index contributed by atoms with van der Waals surface area (Å²) in [7, 11) is -2.19. The molecule has 0 atom stereocenters. The summed E-state index contributed by atoms with van der Waals surface area (Å²) in [6.45, 7) is 2.38. The Morgan fingerprint density at radius 3 is 2.70 bits per heavy atom. The number of hydrogen-bond donors (Lipinski definition) is 2. The molecule has 1 aromatic carbocycles.